The van der Waals surface area contributed by atoms with Crippen LogP contribution < -0.4 is 0 Å². The van der Waals surface area contributed by atoms with Crippen molar-refractivity contribution in [3.8, 4) is 0 Å². The third-order valence-corrected chi connectivity index (χ3v) is 1.87. The molecule has 0 aromatic heterocycles. The Kier molecular flexibility index (Phi) is 3.45. The Balaban J connectivity index is 2.33. The summed E-state index contributed by atoms with van der Waals surface area (Å²) >= 11 is 0. The summed E-state index contributed by atoms with van der Waals surface area (Å²) in [7, 11) is 1.56. The summed E-state index contributed by atoms with van der Waals surface area (Å²) in [5, 5.41) is 2.96. The largest absolute Gasteiger partial charge is 0.382 e. The van der Waals surface area contributed by atoms with E-state index in [0.29, 0.717) is 6.61 Å². The van der Waals surface area contributed by atoms with E-state index < -0.39 is 0 Å². The Bertz CT molecular complexity index is 123. The number of nitroso groups, excluding NO2 is 1. The smallest absolute Gasteiger partial charge is 0.141 e. The van der Waals surface area contributed by atoms with Gasteiger partial charge in [0.05, 0.1) is 12.7 Å². The molecule has 2 unspecified atom stereocenters. The van der Waals surface area contributed by atoms with Gasteiger partial charge in [-0.2, -0.15) is 4.91 Å². The molecule has 4 heteroatoms. The lowest BCUT2D eigenvalue weighted by molar-refractivity contribution is 0.0575. The molecule has 0 radical (unpaired) electrons. The van der Waals surface area contributed by atoms with Crippen molar-refractivity contribution in [2.75, 3.05) is 20.3 Å². The van der Waals surface area contributed by atoms with E-state index in [2.05, 4.69) is 5.18 Å². The lowest BCUT2D eigenvalue weighted by Crippen LogP contribution is -2.27. The average molecular weight is 159 g/mol. The van der Waals surface area contributed by atoms with Crippen molar-refractivity contribution in [1.82, 2.24) is 0 Å². The SMILES string of the molecule is COCC(N=O)C1CCCO1. The van der Waals surface area contributed by atoms with Crippen LogP contribution in [0.1, 0.15) is 12.8 Å². The number of ether oxygens (including phenoxy) is 2. The second-order valence-corrected chi connectivity index (χ2v) is 2.68. The van der Waals surface area contributed by atoms with Gasteiger partial charge in [-0.15, -0.1) is 0 Å². The normalized spacial score (nSPS) is 26.8. The fourth-order valence-electron chi connectivity index (χ4n) is 1.28. The highest BCUT2D eigenvalue weighted by atomic mass is 16.5. The van der Waals surface area contributed by atoms with Crippen molar-refractivity contribution in [1.29, 1.82) is 0 Å². The topological polar surface area (TPSA) is 47.9 Å². The highest BCUT2D eigenvalue weighted by molar-refractivity contribution is 4.79. The van der Waals surface area contributed by atoms with Gasteiger partial charge in [-0.25, -0.2) is 0 Å². The molecular formula is C7H13NO3. The van der Waals surface area contributed by atoms with Crippen LogP contribution in [-0.2, 0) is 9.47 Å². The number of hydrogen-bond donors (Lipinski definition) is 0. The molecule has 1 rings (SSSR count). The second-order valence-electron chi connectivity index (χ2n) is 2.68. The molecular weight excluding hydrogens is 146 g/mol. The third kappa shape index (κ3) is 2.24. The van der Waals surface area contributed by atoms with Gasteiger partial charge in [0.2, 0.25) is 0 Å². The molecule has 2 atom stereocenters. The highest BCUT2D eigenvalue weighted by Crippen LogP contribution is 2.17. The Morgan fingerprint density at radius 1 is 1.82 bits per heavy atom. The van der Waals surface area contributed by atoms with Crippen LogP contribution in [0.3, 0.4) is 0 Å². The zero-order valence-electron chi connectivity index (χ0n) is 6.66. The number of rotatable bonds is 4. The second kappa shape index (κ2) is 4.41. The van der Waals surface area contributed by atoms with Crippen molar-refractivity contribution < 1.29 is 9.47 Å². The van der Waals surface area contributed by atoms with E-state index in [1.54, 1.807) is 7.11 Å². The number of hydrogen-bond acceptors (Lipinski definition) is 4. The van der Waals surface area contributed by atoms with E-state index in [1.807, 2.05) is 0 Å². The summed E-state index contributed by atoms with van der Waals surface area (Å²) < 4.78 is 10.1. The summed E-state index contributed by atoms with van der Waals surface area (Å²) in [6.07, 6.45) is 1.95. The summed E-state index contributed by atoms with van der Waals surface area (Å²) in [4.78, 5) is 10.3. The first-order valence-corrected chi connectivity index (χ1v) is 3.81. The molecule has 0 N–H and O–H groups in total. The fraction of sp³-hybridized carbons (Fsp3) is 1.00. The Hall–Kier alpha value is -0.480. The van der Waals surface area contributed by atoms with Crippen LogP contribution in [0.2, 0.25) is 0 Å². The summed E-state index contributed by atoms with van der Waals surface area (Å²) in [5.74, 6) is 0. The lowest BCUT2D eigenvalue weighted by Gasteiger charge is -2.14. The lowest BCUT2D eigenvalue weighted by atomic mass is 10.1. The van der Waals surface area contributed by atoms with Crippen LogP contribution in [0.15, 0.2) is 5.18 Å². The number of nitrogens with zero attached hydrogens (tertiary/aromatic N) is 1. The molecule has 64 valence electrons. The molecule has 0 aromatic carbocycles. The molecule has 1 saturated heterocycles. The molecule has 0 aromatic rings. The Morgan fingerprint density at radius 2 is 2.64 bits per heavy atom. The average Bonchev–Trinajstić information content (AvgIpc) is 2.52. The predicted octanol–water partition coefficient (Wildman–Crippen LogP) is 0.947. The maximum Gasteiger partial charge on any atom is 0.141 e. The summed E-state index contributed by atoms with van der Waals surface area (Å²) in [6, 6.07) is -0.317. The monoisotopic (exact) mass is 159 g/mol. The highest BCUT2D eigenvalue weighted by Gasteiger charge is 2.26. The minimum Gasteiger partial charge on any atom is -0.382 e. The van der Waals surface area contributed by atoms with Crippen LogP contribution in [0.5, 0.6) is 0 Å². The number of methoxy groups -OCH3 is 1. The molecule has 1 heterocycles. The first kappa shape index (κ1) is 8.62. The molecule has 4 nitrogen and oxygen atoms in total. The van der Waals surface area contributed by atoms with Gasteiger partial charge in [0.15, 0.2) is 0 Å². The van der Waals surface area contributed by atoms with Crippen LogP contribution in [0.25, 0.3) is 0 Å². The molecule has 11 heavy (non-hydrogen) atoms. The minimum atomic E-state index is -0.317. The van der Waals surface area contributed by atoms with E-state index in [4.69, 9.17) is 9.47 Å². The molecule has 0 bridgehead atoms. The maximum atomic E-state index is 10.3. The van der Waals surface area contributed by atoms with E-state index in [-0.39, 0.29) is 12.1 Å². The van der Waals surface area contributed by atoms with E-state index in [0.717, 1.165) is 19.4 Å². The van der Waals surface area contributed by atoms with E-state index in [9.17, 15) is 4.91 Å². The molecule has 0 saturated carbocycles. The first-order chi connectivity index (χ1) is 5.38. The summed E-state index contributed by atoms with van der Waals surface area (Å²) in [6.45, 7) is 1.12. The van der Waals surface area contributed by atoms with Crippen molar-refractivity contribution in [2.45, 2.75) is 25.0 Å². The molecule has 0 spiro atoms. The van der Waals surface area contributed by atoms with Crippen molar-refractivity contribution in [3.63, 3.8) is 0 Å². The maximum absolute atomic E-state index is 10.3. The van der Waals surface area contributed by atoms with Crippen LogP contribution in [0, 0.1) is 4.91 Å². The standard InChI is InChI=1S/C7H13NO3/c1-10-5-6(8-9)7-3-2-4-11-7/h6-7H,2-5H2,1H3. The molecule has 0 amide bonds. The van der Waals surface area contributed by atoms with Gasteiger partial charge in [-0.05, 0) is 12.8 Å². The third-order valence-electron chi connectivity index (χ3n) is 1.87. The quantitative estimate of drug-likeness (QED) is 0.574. The van der Waals surface area contributed by atoms with Crippen LogP contribution >= 0.6 is 0 Å². The Labute approximate surface area is 65.8 Å². The van der Waals surface area contributed by atoms with Crippen molar-refractivity contribution in [2.24, 2.45) is 5.18 Å². The van der Waals surface area contributed by atoms with Gasteiger partial charge >= 0.3 is 0 Å². The van der Waals surface area contributed by atoms with E-state index >= 15 is 0 Å². The van der Waals surface area contributed by atoms with Gasteiger partial charge in [-0.1, -0.05) is 5.18 Å². The van der Waals surface area contributed by atoms with Crippen molar-refractivity contribution >= 4 is 0 Å². The fourth-order valence-corrected chi connectivity index (χ4v) is 1.28. The molecule has 0 aliphatic carbocycles. The zero-order valence-corrected chi connectivity index (χ0v) is 6.66. The predicted molar refractivity (Wildman–Crippen MR) is 40.4 cm³/mol. The molecule has 1 aliphatic rings. The van der Waals surface area contributed by atoms with Crippen LogP contribution in [0.4, 0.5) is 0 Å². The molecule has 1 aliphatic heterocycles. The zero-order chi connectivity index (χ0) is 8.10. The first-order valence-electron chi connectivity index (χ1n) is 3.81. The molecule has 1 fully saturated rings. The van der Waals surface area contributed by atoms with Crippen LogP contribution in [-0.4, -0.2) is 32.5 Å². The van der Waals surface area contributed by atoms with Gasteiger partial charge in [0.1, 0.15) is 6.04 Å². The van der Waals surface area contributed by atoms with Gasteiger partial charge in [0.25, 0.3) is 0 Å². The van der Waals surface area contributed by atoms with Crippen molar-refractivity contribution in [3.05, 3.63) is 4.91 Å². The summed E-state index contributed by atoms with van der Waals surface area (Å²) in [5.41, 5.74) is 0. The Morgan fingerprint density at radius 3 is 3.09 bits per heavy atom. The van der Waals surface area contributed by atoms with Gasteiger partial charge in [0, 0.05) is 13.7 Å². The van der Waals surface area contributed by atoms with E-state index in [1.165, 1.54) is 0 Å². The van der Waals surface area contributed by atoms with Gasteiger partial charge < -0.3 is 9.47 Å². The van der Waals surface area contributed by atoms with Gasteiger partial charge in [-0.3, -0.25) is 0 Å². The minimum absolute atomic E-state index is 0.00699.